The highest BCUT2D eigenvalue weighted by Gasteiger charge is 2.19. The van der Waals surface area contributed by atoms with E-state index in [2.05, 4.69) is 10.4 Å². The van der Waals surface area contributed by atoms with E-state index in [-0.39, 0.29) is 18.2 Å². The molecule has 23 heavy (non-hydrogen) atoms. The average molecular weight is 325 g/mol. The molecule has 3 rings (SSSR count). The van der Waals surface area contributed by atoms with Crippen molar-refractivity contribution in [1.29, 1.82) is 0 Å². The Labute approximate surface area is 137 Å². The maximum atomic E-state index is 12.4. The maximum absolute atomic E-state index is 12.4. The molecular formula is C17H15N3O2S. The standard InChI is InChI=1S/C17H15N3O2S/c1-12(21)10-18-17(22)14-11-20(13-6-3-2-4-7-13)19-16(14)15-8-5-9-23-15/h2-9,11H,10H2,1H3,(H,18,22). The van der Waals surface area contributed by atoms with Crippen LogP contribution in [-0.2, 0) is 4.79 Å². The van der Waals surface area contributed by atoms with Crippen LogP contribution in [0, 0.1) is 0 Å². The van der Waals surface area contributed by atoms with E-state index in [0.29, 0.717) is 11.3 Å². The summed E-state index contributed by atoms with van der Waals surface area (Å²) in [7, 11) is 0. The predicted octanol–water partition coefficient (Wildman–Crippen LogP) is 2.92. The van der Waals surface area contributed by atoms with Crippen LogP contribution >= 0.6 is 11.3 Å². The molecule has 1 aromatic carbocycles. The number of Topliss-reactive ketones (excluding diaryl/α,β-unsaturated/α-hetero) is 1. The monoisotopic (exact) mass is 325 g/mol. The van der Waals surface area contributed by atoms with Crippen LogP contribution < -0.4 is 5.32 Å². The number of aromatic nitrogens is 2. The van der Waals surface area contributed by atoms with Crippen molar-refractivity contribution in [3.63, 3.8) is 0 Å². The Balaban J connectivity index is 2.01. The van der Waals surface area contributed by atoms with Crippen molar-refractivity contribution < 1.29 is 9.59 Å². The minimum absolute atomic E-state index is 0.0131. The summed E-state index contributed by atoms with van der Waals surface area (Å²) < 4.78 is 1.68. The molecule has 0 fully saturated rings. The van der Waals surface area contributed by atoms with Crippen molar-refractivity contribution in [1.82, 2.24) is 15.1 Å². The third kappa shape index (κ3) is 3.37. The van der Waals surface area contributed by atoms with E-state index in [1.54, 1.807) is 10.9 Å². The molecular weight excluding hydrogens is 310 g/mol. The molecule has 0 saturated heterocycles. The summed E-state index contributed by atoms with van der Waals surface area (Å²) >= 11 is 1.52. The number of hydrogen-bond donors (Lipinski definition) is 1. The summed E-state index contributed by atoms with van der Waals surface area (Å²) in [6, 6.07) is 13.4. The van der Waals surface area contributed by atoms with Crippen LogP contribution in [0.4, 0.5) is 0 Å². The first-order chi connectivity index (χ1) is 11.1. The highest BCUT2D eigenvalue weighted by Crippen LogP contribution is 2.27. The fourth-order valence-electron chi connectivity index (χ4n) is 2.15. The first-order valence-corrected chi connectivity index (χ1v) is 7.99. The molecule has 0 spiro atoms. The zero-order valence-corrected chi connectivity index (χ0v) is 13.3. The van der Waals surface area contributed by atoms with E-state index >= 15 is 0 Å². The lowest BCUT2D eigenvalue weighted by Gasteiger charge is -2.01. The van der Waals surface area contributed by atoms with Gasteiger partial charge in [0.25, 0.3) is 5.91 Å². The Morgan fingerprint density at radius 1 is 1.17 bits per heavy atom. The topological polar surface area (TPSA) is 64.0 Å². The summed E-state index contributed by atoms with van der Waals surface area (Å²) in [6.07, 6.45) is 1.69. The van der Waals surface area contributed by atoms with Gasteiger partial charge in [-0.25, -0.2) is 4.68 Å². The molecule has 0 bridgehead atoms. The molecule has 0 unspecified atom stereocenters. The normalized spacial score (nSPS) is 10.5. The molecule has 5 nitrogen and oxygen atoms in total. The van der Waals surface area contributed by atoms with E-state index in [1.165, 1.54) is 18.3 Å². The summed E-state index contributed by atoms with van der Waals surface area (Å²) in [5, 5.41) is 9.12. The second-order valence-electron chi connectivity index (χ2n) is 5.03. The van der Waals surface area contributed by atoms with Crippen molar-refractivity contribution in [2.45, 2.75) is 6.92 Å². The zero-order valence-electron chi connectivity index (χ0n) is 12.5. The lowest BCUT2D eigenvalue weighted by Crippen LogP contribution is -2.28. The van der Waals surface area contributed by atoms with Crippen molar-refractivity contribution in [2.75, 3.05) is 6.54 Å². The fraction of sp³-hybridized carbons (Fsp3) is 0.118. The molecule has 3 aromatic rings. The fourth-order valence-corrected chi connectivity index (χ4v) is 2.87. The number of nitrogens with zero attached hydrogens (tertiary/aromatic N) is 2. The summed E-state index contributed by atoms with van der Waals surface area (Å²) in [4.78, 5) is 24.4. The van der Waals surface area contributed by atoms with Gasteiger partial charge >= 0.3 is 0 Å². The van der Waals surface area contributed by atoms with Crippen molar-refractivity contribution in [3.8, 4) is 16.3 Å². The first-order valence-electron chi connectivity index (χ1n) is 7.12. The minimum Gasteiger partial charge on any atom is -0.345 e. The van der Waals surface area contributed by atoms with Gasteiger partial charge in [-0.05, 0) is 30.5 Å². The highest BCUT2D eigenvalue weighted by atomic mass is 32.1. The van der Waals surface area contributed by atoms with Crippen molar-refractivity contribution in [3.05, 3.63) is 59.6 Å². The number of rotatable bonds is 5. The molecule has 1 N–H and O–H groups in total. The van der Waals surface area contributed by atoms with Gasteiger partial charge in [-0.2, -0.15) is 5.10 Å². The Morgan fingerprint density at radius 3 is 2.61 bits per heavy atom. The van der Waals surface area contributed by atoms with Crippen LogP contribution in [0.15, 0.2) is 54.0 Å². The van der Waals surface area contributed by atoms with Crippen LogP contribution in [0.2, 0.25) is 0 Å². The molecule has 2 aromatic heterocycles. The number of benzene rings is 1. The lowest BCUT2D eigenvalue weighted by molar-refractivity contribution is -0.116. The molecule has 0 radical (unpaired) electrons. The molecule has 0 atom stereocenters. The quantitative estimate of drug-likeness (QED) is 0.784. The number of hydrogen-bond acceptors (Lipinski definition) is 4. The third-order valence-electron chi connectivity index (χ3n) is 3.23. The Kier molecular flexibility index (Phi) is 4.34. The molecule has 6 heteroatoms. The number of ketones is 1. The van der Waals surface area contributed by atoms with Gasteiger partial charge in [0.15, 0.2) is 0 Å². The van der Waals surface area contributed by atoms with Gasteiger partial charge in [0.2, 0.25) is 0 Å². The molecule has 0 saturated carbocycles. The van der Waals surface area contributed by atoms with Crippen LogP contribution in [0.5, 0.6) is 0 Å². The number of carbonyl (C=O) groups excluding carboxylic acids is 2. The van der Waals surface area contributed by atoms with E-state index < -0.39 is 0 Å². The summed E-state index contributed by atoms with van der Waals surface area (Å²) in [5.41, 5.74) is 1.94. The van der Waals surface area contributed by atoms with Crippen molar-refractivity contribution >= 4 is 23.0 Å². The molecule has 116 valence electrons. The number of para-hydroxylation sites is 1. The SMILES string of the molecule is CC(=O)CNC(=O)c1cn(-c2ccccc2)nc1-c1cccs1. The van der Waals surface area contributed by atoms with Crippen LogP contribution in [0.1, 0.15) is 17.3 Å². The van der Waals surface area contributed by atoms with E-state index in [1.807, 2.05) is 47.8 Å². The second kappa shape index (κ2) is 6.58. The molecule has 0 aliphatic carbocycles. The van der Waals surface area contributed by atoms with Gasteiger partial charge in [0.1, 0.15) is 11.5 Å². The highest BCUT2D eigenvalue weighted by molar-refractivity contribution is 7.13. The molecule has 0 aliphatic rings. The van der Waals surface area contributed by atoms with E-state index in [0.717, 1.165) is 10.6 Å². The van der Waals surface area contributed by atoms with Gasteiger partial charge in [-0.15, -0.1) is 11.3 Å². The number of amides is 1. The van der Waals surface area contributed by atoms with Gasteiger partial charge < -0.3 is 5.32 Å². The Morgan fingerprint density at radius 2 is 1.96 bits per heavy atom. The van der Waals surface area contributed by atoms with E-state index in [9.17, 15) is 9.59 Å². The van der Waals surface area contributed by atoms with Crippen molar-refractivity contribution in [2.24, 2.45) is 0 Å². The van der Waals surface area contributed by atoms with Crippen LogP contribution in [0.3, 0.4) is 0 Å². The number of thiophene rings is 1. The minimum atomic E-state index is -0.300. The van der Waals surface area contributed by atoms with Gasteiger partial charge in [-0.3, -0.25) is 9.59 Å². The first kappa shape index (κ1) is 15.2. The number of nitrogens with one attached hydrogen (secondary N) is 1. The van der Waals surface area contributed by atoms with Gasteiger partial charge in [-0.1, -0.05) is 24.3 Å². The number of carbonyl (C=O) groups is 2. The Bertz CT molecular complexity index is 823. The predicted molar refractivity (Wildman–Crippen MR) is 89.9 cm³/mol. The second-order valence-corrected chi connectivity index (χ2v) is 5.98. The summed E-state index contributed by atoms with van der Waals surface area (Å²) in [5.74, 6) is -0.391. The maximum Gasteiger partial charge on any atom is 0.255 e. The zero-order chi connectivity index (χ0) is 16.2. The Hall–Kier alpha value is -2.73. The van der Waals surface area contributed by atoms with Gasteiger partial charge in [0, 0.05) is 6.20 Å². The summed E-state index contributed by atoms with van der Waals surface area (Å²) in [6.45, 7) is 1.45. The largest absolute Gasteiger partial charge is 0.345 e. The van der Waals surface area contributed by atoms with Crippen LogP contribution in [0.25, 0.3) is 16.3 Å². The van der Waals surface area contributed by atoms with E-state index in [4.69, 9.17) is 0 Å². The molecule has 0 aliphatic heterocycles. The molecule has 1 amide bonds. The van der Waals surface area contributed by atoms with Gasteiger partial charge in [0.05, 0.1) is 22.7 Å². The third-order valence-corrected chi connectivity index (χ3v) is 4.11. The lowest BCUT2D eigenvalue weighted by atomic mass is 10.2. The average Bonchev–Trinajstić information content (AvgIpc) is 3.22. The van der Waals surface area contributed by atoms with Crippen LogP contribution in [-0.4, -0.2) is 28.0 Å². The molecule has 2 heterocycles. The smallest absolute Gasteiger partial charge is 0.255 e.